The molecule has 1 aliphatic heterocycles. The molecule has 1 unspecified atom stereocenters. The molecule has 0 bridgehead atoms. The van der Waals surface area contributed by atoms with Crippen molar-refractivity contribution in [3.63, 3.8) is 0 Å². The third-order valence-corrected chi connectivity index (χ3v) is 3.95. The van der Waals surface area contributed by atoms with Crippen molar-refractivity contribution < 1.29 is 18.3 Å². The van der Waals surface area contributed by atoms with Crippen molar-refractivity contribution in [2.45, 2.75) is 31.2 Å². The summed E-state index contributed by atoms with van der Waals surface area (Å²) in [7, 11) is 1.83. The zero-order valence-corrected chi connectivity index (χ0v) is 10.8. The lowest BCUT2D eigenvalue weighted by Gasteiger charge is -2.40. The molecular weight excluding hydrogens is 252 g/mol. The molecule has 0 radical (unpaired) electrons. The second-order valence-electron chi connectivity index (χ2n) is 5.31. The highest BCUT2D eigenvalue weighted by Gasteiger charge is 2.47. The number of ether oxygens (including phenoxy) is 2. The van der Waals surface area contributed by atoms with Gasteiger partial charge in [-0.1, -0.05) is 6.07 Å². The smallest absolute Gasteiger partial charge is 0.248 e. The van der Waals surface area contributed by atoms with E-state index in [1.165, 1.54) is 0 Å². The van der Waals surface area contributed by atoms with Gasteiger partial charge in [0, 0.05) is 18.9 Å². The highest BCUT2D eigenvalue weighted by Crippen LogP contribution is 2.44. The summed E-state index contributed by atoms with van der Waals surface area (Å²) in [5.74, 6) is -0.925. The monoisotopic (exact) mass is 269 g/mol. The maximum absolute atomic E-state index is 12.9. The van der Waals surface area contributed by atoms with E-state index in [1.807, 2.05) is 25.2 Å². The SMILES string of the molecule is CNC(Cc1ccc2c(c1)OCO2)C1CC(F)(F)C1. The molecule has 104 valence electrons. The number of nitrogens with one attached hydrogen (secondary N) is 1. The first kappa shape index (κ1) is 12.7. The van der Waals surface area contributed by atoms with Crippen LogP contribution in [0.5, 0.6) is 11.5 Å². The molecule has 19 heavy (non-hydrogen) atoms. The standard InChI is InChI=1S/C14H17F2NO2/c1-17-11(10-6-14(15,16)7-10)4-9-2-3-12-13(5-9)19-8-18-12/h2-3,5,10-11,17H,4,6-8H2,1H3. The lowest BCUT2D eigenvalue weighted by atomic mass is 9.74. The van der Waals surface area contributed by atoms with E-state index in [0.29, 0.717) is 0 Å². The van der Waals surface area contributed by atoms with E-state index < -0.39 is 5.92 Å². The third-order valence-electron chi connectivity index (χ3n) is 3.95. The fraction of sp³-hybridized carbons (Fsp3) is 0.571. The molecular formula is C14H17F2NO2. The Morgan fingerprint density at radius 3 is 2.74 bits per heavy atom. The molecule has 5 heteroatoms. The Bertz CT molecular complexity index is 471. The molecule has 1 aromatic rings. The van der Waals surface area contributed by atoms with Gasteiger partial charge < -0.3 is 14.8 Å². The van der Waals surface area contributed by atoms with E-state index in [4.69, 9.17) is 9.47 Å². The Labute approximate surface area is 110 Å². The number of benzene rings is 1. The molecule has 0 saturated heterocycles. The molecule has 1 N–H and O–H groups in total. The molecule has 1 heterocycles. The molecule has 1 aromatic carbocycles. The number of hydrogen-bond acceptors (Lipinski definition) is 3. The molecule has 3 rings (SSSR count). The Morgan fingerprint density at radius 2 is 2.05 bits per heavy atom. The first-order chi connectivity index (χ1) is 9.07. The van der Waals surface area contributed by atoms with Gasteiger partial charge in [-0.05, 0) is 37.1 Å². The summed E-state index contributed by atoms with van der Waals surface area (Å²) in [4.78, 5) is 0. The van der Waals surface area contributed by atoms with E-state index in [1.54, 1.807) is 0 Å². The highest BCUT2D eigenvalue weighted by atomic mass is 19.3. The first-order valence-electron chi connectivity index (χ1n) is 6.51. The van der Waals surface area contributed by atoms with Crippen molar-refractivity contribution in [2.75, 3.05) is 13.8 Å². The summed E-state index contributed by atoms with van der Waals surface area (Å²) in [5.41, 5.74) is 1.08. The minimum absolute atomic E-state index is 0.0109. The lowest BCUT2D eigenvalue weighted by Crippen LogP contribution is -2.47. The van der Waals surface area contributed by atoms with Crippen molar-refractivity contribution >= 4 is 0 Å². The number of likely N-dealkylation sites (N-methyl/N-ethyl adjacent to an activating group) is 1. The van der Waals surface area contributed by atoms with Gasteiger partial charge >= 0.3 is 0 Å². The summed E-state index contributed by atoms with van der Waals surface area (Å²) >= 11 is 0. The van der Waals surface area contributed by atoms with Crippen LogP contribution in [0.15, 0.2) is 18.2 Å². The van der Waals surface area contributed by atoms with Gasteiger partial charge in [-0.2, -0.15) is 0 Å². The number of hydrogen-bond donors (Lipinski definition) is 1. The molecule has 0 spiro atoms. The van der Waals surface area contributed by atoms with Crippen molar-refractivity contribution in [2.24, 2.45) is 5.92 Å². The van der Waals surface area contributed by atoms with Crippen molar-refractivity contribution in [3.05, 3.63) is 23.8 Å². The topological polar surface area (TPSA) is 30.5 Å². The van der Waals surface area contributed by atoms with Crippen LogP contribution in [0.25, 0.3) is 0 Å². The minimum atomic E-state index is -2.46. The second-order valence-corrected chi connectivity index (χ2v) is 5.31. The molecule has 2 aliphatic rings. The number of rotatable bonds is 4. The molecule has 3 nitrogen and oxygen atoms in total. The van der Waals surface area contributed by atoms with Gasteiger partial charge in [-0.15, -0.1) is 0 Å². The van der Waals surface area contributed by atoms with Crippen LogP contribution in [0.3, 0.4) is 0 Å². The summed E-state index contributed by atoms with van der Waals surface area (Å²) < 4.78 is 36.5. The second kappa shape index (κ2) is 4.63. The average Bonchev–Trinajstić information content (AvgIpc) is 2.80. The van der Waals surface area contributed by atoms with Crippen LogP contribution >= 0.6 is 0 Å². The highest BCUT2D eigenvalue weighted by molar-refractivity contribution is 5.44. The van der Waals surface area contributed by atoms with Crippen molar-refractivity contribution in [1.29, 1.82) is 0 Å². The molecule has 1 fully saturated rings. The van der Waals surface area contributed by atoms with Crippen LogP contribution in [0, 0.1) is 5.92 Å². The van der Waals surface area contributed by atoms with E-state index >= 15 is 0 Å². The van der Waals surface area contributed by atoms with Crippen molar-refractivity contribution in [1.82, 2.24) is 5.32 Å². The zero-order valence-electron chi connectivity index (χ0n) is 10.8. The van der Waals surface area contributed by atoms with Gasteiger partial charge in [0.15, 0.2) is 11.5 Å². The Balaban J connectivity index is 1.66. The fourth-order valence-electron chi connectivity index (χ4n) is 2.82. The summed E-state index contributed by atoms with van der Waals surface area (Å²) in [5, 5.41) is 3.15. The molecule has 0 aromatic heterocycles. The van der Waals surface area contributed by atoms with E-state index in [0.717, 1.165) is 23.5 Å². The van der Waals surface area contributed by atoms with Crippen LogP contribution in [0.4, 0.5) is 8.78 Å². The molecule has 1 atom stereocenters. The summed E-state index contributed by atoms with van der Waals surface area (Å²) in [6, 6.07) is 5.86. The third kappa shape index (κ3) is 2.52. The van der Waals surface area contributed by atoms with Crippen LogP contribution < -0.4 is 14.8 Å². The van der Waals surface area contributed by atoms with Gasteiger partial charge in [0.1, 0.15) is 0 Å². The first-order valence-corrected chi connectivity index (χ1v) is 6.51. The predicted molar refractivity (Wildman–Crippen MR) is 66.8 cm³/mol. The number of alkyl halides is 2. The average molecular weight is 269 g/mol. The lowest BCUT2D eigenvalue weighted by molar-refractivity contribution is -0.118. The van der Waals surface area contributed by atoms with Crippen LogP contribution in [0.1, 0.15) is 18.4 Å². The Morgan fingerprint density at radius 1 is 1.32 bits per heavy atom. The van der Waals surface area contributed by atoms with Gasteiger partial charge in [0.05, 0.1) is 0 Å². The Kier molecular flexibility index (Phi) is 3.09. The van der Waals surface area contributed by atoms with Gasteiger partial charge in [0.2, 0.25) is 12.7 Å². The quantitative estimate of drug-likeness (QED) is 0.911. The van der Waals surface area contributed by atoms with Crippen molar-refractivity contribution in [3.8, 4) is 11.5 Å². The van der Waals surface area contributed by atoms with E-state index in [2.05, 4.69) is 5.32 Å². The molecule has 1 saturated carbocycles. The van der Waals surface area contributed by atoms with Crippen LogP contribution in [0.2, 0.25) is 0 Å². The maximum Gasteiger partial charge on any atom is 0.248 e. The van der Waals surface area contributed by atoms with E-state index in [9.17, 15) is 8.78 Å². The fourth-order valence-corrected chi connectivity index (χ4v) is 2.82. The van der Waals surface area contributed by atoms with Gasteiger partial charge in [-0.25, -0.2) is 8.78 Å². The van der Waals surface area contributed by atoms with Gasteiger partial charge in [0.25, 0.3) is 0 Å². The number of fused-ring (bicyclic) bond motifs is 1. The summed E-state index contributed by atoms with van der Waals surface area (Å²) in [6.07, 6.45) is 0.708. The predicted octanol–water partition coefficient (Wildman–Crippen LogP) is 2.59. The largest absolute Gasteiger partial charge is 0.454 e. The number of halogens is 2. The van der Waals surface area contributed by atoms with E-state index in [-0.39, 0.29) is 31.6 Å². The van der Waals surface area contributed by atoms with Crippen LogP contribution in [-0.4, -0.2) is 25.8 Å². The molecule has 0 amide bonds. The zero-order chi connectivity index (χ0) is 13.5. The Hall–Kier alpha value is -1.36. The normalized spacial score (nSPS) is 22.1. The van der Waals surface area contributed by atoms with Gasteiger partial charge in [-0.3, -0.25) is 0 Å². The molecule has 1 aliphatic carbocycles. The maximum atomic E-state index is 12.9. The minimum Gasteiger partial charge on any atom is -0.454 e. The van der Waals surface area contributed by atoms with Crippen LogP contribution in [-0.2, 0) is 6.42 Å². The summed E-state index contributed by atoms with van der Waals surface area (Å²) in [6.45, 7) is 0.253.